The number of rotatable bonds is 10. The van der Waals surface area contributed by atoms with Crippen LogP contribution in [0.25, 0.3) is 0 Å². The van der Waals surface area contributed by atoms with E-state index in [-0.39, 0.29) is 0 Å². The van der Waals surface area contributed by atoms with Gasteiger partial charge in [0.25, 0.3) is 0 Å². The SMILES string of the molecule is CNCc1coc(CN(CCC(C)C)CCC(C)C)c1. The highest BCUT2D eigenvalue weighted by molar-refractivity contribution is 5.12. The molecule has 1 aromatic rings. The van der Waals surface area contributed by atoms with Gasteiger partial charge >= 0.3 is 0 Å². The van der Waals surface area contributed by atoms with Crippen LogP contribution in [-0.4, -0.2) is 25.0 Å². The molecule has 0 aliphatic heterocycles. The van der Waals surface area contributed by atoms with E-state index in [1.165, 1.54) is 18.4 Å². The van der Waals surface area contributed by atoms with Crippen LogP contribution in [0.4, 0.5) is 0 Å². The van der Waals surface area contributed by atoms with Crippen molar-refractivity contribution in [1.29, 1.82) is 0 Å². The largest absolute Gasteiger partial charge is 0.468 e. The van der Waals surface area contributed by atoms with Gasteiger partial charge in [-0.1, -0.05) is 27.7 Å². The van der Waals surface area contributed by atoms with E-state index >= 15 is 0 Å². The molecule has 1 aromatic heterocycles. The summed E-state index contributed by atoms with van der Waals surface area (Å²) in [5.41, 5.74) is 1.23. The molecule has 0 aliphatic carbocycles. The summed E-state index contributed by atoms with van der Waals surface area (Å²) in [7, 11) is 1.96. The fourth-order valence-corrected chi connectivity index (χ4v) is 2.18. The van der Waals surface area contributed by atoms with Gasteiger partial charge in [0.1, 0.15) is 5.76 Å². The molecule has 0 aliphatic rings. The second-order valence-electron chi connectivity index (χ2n) is 6.59. The molecule has 0 saturated carbocycles. The van der Waals surface area contributed by atoms with Crippen molar-refractivity contribution in [2.45, 2.75) is 53.6 Å². The number of hydrogen-bond donors (Lipinski definition) is 1. The van der Waals surface area contributed by atoms with Gasteiger partial charge in [-0.3, -0.25) is 4.90 Å². The van der Waals surface area contributed by atoms with Gasteiger partial charge in [-0.15, -0.1) is 0 Å². The van der Waals surface area contributed by atoms with E-state index in [9.17, 15) is 0 Å². The zero-order valence-electron chi connectivity index (χ0n) is 13.9. The van der Waals surface area contributed by atoms with Crippen LogP contribution in [-0.2, 0) is 13.1 Å². The predicted molar refractivity (Wildman–Crippen MR) is 85.7 cm³/mol. The highest BCUT2D eigenvalue weighted by Crippen LogP contribution is 2.13. The van der Waals surface area contributed by atoms with E-state index in [0.717, 1.165) is 43.8 Å². The lowest BCUT2D eigenvalue weighted by atomic mass is 10.1. The molecule has 1 rings (SSSR count). The third-order valence-electron chi connectivity index (χ3n) is 3.51. The molecule has 116 valence electrons. The van der Waals surface area contributed by atoms with Crippen LogP contribution in [0.2, 0.25) is 0 Å². The van der Waals surface area contributed by atoms with Crippen molar-refractivity contribution >= 4 is 0 Å². The van der Waals surface area contributed by atoms with E-state index in [2.05, 4.69) is 44.0 Å². The van der Waals surface area contributed by atoms with Gasteiger partial charge in [0.2, 0.25) is 0 Å². The summed E-state index contributed by atoms with van der Waals surface area (Å²) in [6.45, 7) is 13.3. The molecule has 1 heterocycles. The zero-order valence-corrected chi connectivity index (χ0v) is 13.9. The molecule has 0 radical (unpaired) electrons. The quantitative estimate of drug-likeness (QED) is 0.705. The lowest BCUT2D eigenvalue weighted by Crippen LogP contribution is -2.27. The Morgan fingerprint density at radius 2 is 1.70 bits per heavy atom. The summed E-state index contributed by atoms with van der Waals surface area (Å²) in [6.07, 6.45) is 4.37. The minimum absolute atomic E-state index is 0.757. The molecule has 3 heteroatoms. The Kier molecular flexibility index (Phi) is 7.93. The Morgan fingerprint density at radius 3 is 2.20 bits per heavy atom. The van der Waals surface area contributed by atoms with Gasteiger partial charge < -0.3 is 9.73 Å². The second kappa shape index (κ2) is 9.19. The average molecular weight is 280 g/mol. The Balaban J connectivity index is 2.52. The molecule has 0 amide bonds. The van der Waals surface area contributed by atoms with E-state index in [1.54, 1.807) is 0 Å². The standard InChI is InChI=1S/C17H32N2O/c1-14(2)6-8-19(9-7-15(3)4)12-17-10-16(11-18-5)13-20-17/h10,13-15,18H,6-9,11-12H2,1-5H3. The maximum atomic E-state index is 5.68. The molecule has 0 bridgehead atoms. The van der Waals surface area contributed by atoms with Crippen LogP contribution < -0.4 is 5.32 Å². The maximum absolute atomic E-state index is 5.68. The number of nitrogens with zero attached hydrogens (tertiary/aromatic N) is 1. The second-order valence-corrected chi connectivity index (χ2v) is 6.59. The summed E-state index contributed by atoms with van der Waals surface area (Å²) in [4.78, 5) is 2.53. The Morgan fingerprint density at radius 1 is 1.10 bits per heavy atom. The van der Waals surface area contributed by atoms with Crippen LogP contribution in [0.5, 0.6) is 0 Å². The molecule has 3 nitrogen and oxygen atoms in total. The topological polar surface area (TPSA) is 28.4 Å². The maximum Gasteiger partial charge on any atom is 0.118 e. The van der Waals surface area contributed by atoms with Crippen LogP contribution in [0.15, 0.2) is 16.7 Å². The minimum Gasteiger partial charge on any atom is -0.468 e. The van der Waals surface area contributed by atoms with Crippen LogP contribution in [0.1, 0.15) is 51.9 Å². The lowest BCUT2D eigenvalue weighted by molar-refractivity contribution is 0.219. The van der Waals surface area contributed by atoms with Crippen molar-refractivity contribution in [1.82, 2.24) is 10.2 Å². The van der Waals surface area contributed by atoms with Crippen LogP contribution >= 0.6 is 0 Å². The highest BCUT2D eigenvalue weighted by Gasteiger charge is 2.11. The Hall–Kier alpha value is -0.800. The molecule has 1 N–H and O–H groups in total. The summed E-state index contributed by atoms with van der Waals surface area (Å²) < 4.78 is 5.68. The third-order valence-corrected chi connectivity index (χ3v) is 3.51. The third kappa shape index (κ3) is 7.11. The molecular formula is C17H32N2O. The fourth-order valence-electron chi connectivity index (χ4n) is 2.18. The zero-order chi connectivity index (χ0) is 15.0. The van der Waals surface area contributed by atoms with Gasteiger partial charge in [0.05, 0.1) is 12.8 Å². The fraction of sp³-hybridized carbons (Fsp3) is 0.765. The molecule has 0 atom stereocenters. The molecule has 0 fully saturated rings. The first-order chi connectivity index (χ1) is 9.51. The Bertz CT molecular complexity index is 346. The molecule has 0 unspecified atom stereocenters. The molecular weight excluding hydrogens is 248 g/mol. The van der Waals surface area contributed by atoms with E-state index in [4.69, 9.17) is 4.42 Å². The van der Waals surface area contributed by atoms with Crippen LogP contribution in [0.3, 0.4) is 0 Å². The van der Waals surface area contributed by atoms with Gasteiger partial charge in [0.15, 0.2) is 0 Å². The first-order valence-corrected chi connectivity index (χ1v) is 7.94. The minimum atomic E-state index is 0.757. The first kappa shape index (κ1) is 17.3. The molecule has 0 aromatic carbocycles. The molecule has 0 spiro atoms. The van der Waals surface area contributed by atoms with E-state index in [1.807, 2.05) is 13.3 Å². The van der Waals surface area contributed by atoms with Gasteiger partial charge in [-0.25, -0.2) is 0 Å². The summed E-state index contributed by atoms with van der Waals surface area (Å²) in [5.74, 6) is 2.60. The first-order valence-electron chi connectivity index (χ1n) is 7.94. The summed E-state index contributed by atoms with van der Waals surface area (Å²) >= 11 is 0. The van der Waals surface area contributed by atoms with Crippen molar-refractivity contribution in [3.63, 3.8) is 0 Å². The number of furan rings is 1. The van der Waals surface area contributed by atoms with Crippen molar-refractivity contribution < 1.29 is 4.42 Å². The number of hydrogen-bond acceptors (Lipinski definition) is 3. The van der Waals surface area contributed by atoms with Gasteiger partial charge in [-0.2, -0.15) is 0 Å². The average Bonchev–Trinajstić information content (AvgIpc) is 2.80. The molecule has 20 heavy (non-hydrogen) atoms. The normalized spacial score (nSPS) is 12.0. The number of nitrogens with one attached hydrogen (secondary N) is 1. The van der Waals surface area contributed by atoms with Crippen molar-refractivity contribution in [3.05, 3.63) is 23.7 Å². The lowest BCUT2D eigenvalue weighted by Gasteiger charge is -2.23. The predicted octanol–water partition coefficient (Wildman–Crippen LogP) is 3.89. The monoisotopic (exact) mass is 280 g/mol. The van der Waals surface area contributed by atoms with E-state index in [0.29, 0.717) is 0 Å². The van der Waals surface area contributed by atoms with Crippen molar-refractivity contribution in [2.75, 3.05) is 20.1 Å². The summed E-state index contributed by atoms with van der Waals surface area (Å²) in [5, 5.41) is 3.16. The van der Waals surface area contributed by atoms with Gasteiger partial charge in [0, 0.05) is 12.1 Å². The van der Waals surface area contributed by atoms with Gasteiger partial charge in [-0.05, 0) is 50.9 Å². The highest BCUT2D eigenvalue weighted by atomic mass is 16.3. The summed E-state index contributed by atoms with van der Waals surface area (Å²) in [6, 6.07) is 2.17. The molecule has 0 saturated heterocycles. The van der Waals surface area contributed by atoms with Crippen molar-refractivity contribution in [2.24, 2.45) is 11.8 Å². The van der Waals surface area contributed by atoms with Crippen LogP contribution in [0, 0.1) is 11.8 Å². The van der Waals surface area contributed by atoms with Crippen molar-refractivity contribution in [3.8, 4) is 0 Å². The smallest absolute Gasteiger partial charge is 0.118 e. The Labute approximate surface area is 124 Å². The van der Waals surface area contributed by atoms with E-state index < -0.39 is 0 Å².